The number of hydrogen-bond acceptors (Lipinski definition) is 2. The van der Waals surface area contributed by atoms with Gasteiger partial charge in [-0.15, -0.1) is 5.10 Å². The number of halogens is 2. The fraction of sp³-hybridized carbons (Fsp3) is 0.273. The molecule has 0 saturated carbocycles. The van der Waals surface area contributed by atoms with Crippen molar-refractivity contribution in [2.45, 2.75) is 20.3 Å². The Labute approximate surface area is 91.7 Å². The molecule has 0 bridgehead atoms. The maximum Gasteiger partial charge on any atom is 0.299 e. The lowest BCUT2D eigenvalue weighted by molar-refractivity contribution is 0.140. The van der Waals surface area contributed by atoms with Crippen molar-refractivity contribution in [3.63, 3.8) is 0 Å². The zero-order valence-corrected chi connectivity index (χ0v) is 8.98. The molecule has 2 aromatic rings. The normalized spacial score (nSPS) is 11.1. The predicted molar refractivity (Wildman–Crippen MR) is 55.8 cm³/mol. The predicted octanol–water partition coefficient (Wildman–Crippen LogP) is 2.82. The Balaban J connectivity index is 2.42. The van der Waals surface area contributed by atoms with Crippen LogP contribution < -0.4 is 0 Å². The zero-order chi connectivity index (χ0) is 11.7. The van der Waals surface area contributed by atoms with E-state index >= 15 is 0 Å². The Morgan fingerprint density at radius 2 is 2.00 bits per heavy atom. The summed E-state index contributed by atoms with van der Waals surface area (Å²) in [6, 6.07) is 5.72. The zero-order valence-electron chi connectivity index (χ0n) is 8.98. The molecule has 0 N–H and O–H groups in total. The van der Waals surface area contributed by atoms with E-state index in [1.807, 2.05) is 32.0 Å². The Hall–Kier alpha value is -1.78. The molecule has 0 radical (unpaired) electrons. The minimum absolute atomic E-state index is 0.444. The van der Waals surface area contributed by atoms with E-state index in [9.17, 15) is 8.78 Å². The third kappa shape index (κ3) is 1.93. The minimum Gasteiger partial charge on any atom is -0.220 e. The molecule has 16 heavy (non-hydrogen) atoms. The molecule has 5 heteroatoms. The lowest BCUT2D eigenvalue weighted by Crippen LogP contribution is -1.99. The maximum atomic E-state index is 12.3. The summed E-state index contributed by atoms with van der Waals surface area (Å²) in [5.41, 5.74) is 2.87. The van der Waals surface area contributed by atoms with Crippen molar-refractivity contribution in [1.82, 2.24) is 14.8 Å². The molecule has 0 atom stereocenters. The largest absolute Gasteiger partial charge is 0.299 e. The summed E-state index contributed by atoms with van der Waals surface area (Å²) in [5, 5.41) is 3.73. The first-order chi connectivity index (χ1) is 7.58. The smallest absolute Gasteiger partial charge is 0.220 e. The molecule has 0 aliphatic heterocycles. The first-order valence-corrected chi connectivity index (χ1v) is 4.85. The summed E-state index contributed by atoms with van der Waals surface area (Å²) in [6.45, 7) is 3.88. The van der Waals surface area contributed by atoms with E-state index in [0.717, 1.165) is 16.8 Å². The summed E-state index contributed by atoms with van der Waals surface area (Å²) in [7, 11) is 0. The van der Waals surface area contributed by atoms with Gasteiger partial charge in [-0.1, -0.05) is 17.7 Å². The fourth-order valence-electron chi connectivity index (χ4n) is 1.55. The topological polar surface area (TPSA) is 30.7 Å². The molecule has 0 unspecified atom stereocenters. The van der Waals surface area contributed by atoms with Crippen LogP contribution in [-0.4, -0.2) is 14.8 Å². The van der Waals surface area contributed by atoms with Crippen LogP contribution in [0.2, 0.25) is 0 Å². The second-order valence-corrected chi connectivity index (χ2v) is 3.64. The second kappa shape index (κ2) is 4.00. The van der Waals surface area contributed by atoms with Gasteiger partial charge in [-0.3, -0.25) is 0 Å². The van der Waals surface area contributed by atoms with Gasteiger partial charge in [0.25, 0.3) is 6.43 Å². The molecule has 2 rings (SSSR count). The van der Waals surface area contributed by atoms with Gasteiger partial charge < -0.3 is 0 Å². The second-order valence-electron chi connectivity index (χ2n) is 3.64. The van der Waals surface area contributed by atoms with Gasteiger partial charge in [0.1, 0.15) is 6.33 Å². The highest BCUT2D eigenvalue weighted by Gasteiger charge is 2.13. The lowest BCUT2D eigenvalue weighted by Gasteiger charge is -2.05. The monoisotopic (exact) mass is 223 g/mol. The van der Waals surface area contributed by atoms with Crippen LogP contribution in [0.3, 0.4) is 0 Å². The fourth-order valence-corrected chi connectivity index (χ4v) is 1.55. The minimum atomic E-state index is -2.63. The van der Waals surface area contributed by atoms with E-state index in [2.05, 4.69) is 10.1 Å². The third-order valence-electron chi connectivity index (χ3n) is 2.30. The summed E-state index contributed by atoms with van der Waals surface area (Å²) >= 11 is 0. The van der Waals surface area contributed by atoms with Crippen LogP contribution in [0.5, 0.6) is 0 Å². The molecule has 1 aromatic carbocycles. The van der Waals surface area contributed by atoms with Gasteiger partial charge in [0.15, 0.2) is 0 Å². The highest BCUT2D eigenvalue weighted by Crippen LogP contribution is 2.17. The van der Waals surface area contributed by atoms with Crippen LogP contribution in [0.25, 0.3) is 5.69 Å². The Kier molecular flexibility index (Phi) is 2.68. The van der Waals surface area contributed by atoms with E-state index in [1.54, 1.807) is 0 Å². The van der Waals surface area contributed by atoms with Crippen LogP contribution in [-0.2, 0) is 0 Å². The van der Waals surface area contributed by atoms with Crippen molar-refractivity contribution in [3.8, 4) is 5.69 Å². The van der Waals surface area contributed by atoms with E-state index in [4.69, 9.17) is 0 Å². The van der Waals surface area contributed by atoms with E-state index in [1.165, 1.54) is 11.0 Å². The van der Waals surface area contributed by atoms with Crippen molar-refractivity contribution in [2.75, 3.05) is 0 Å². The first kappa shape index (κ1) is 10.7. The van der Waals surface area contributed by atoms with Gasteiger partial charge in [0.05, 0.1) is 5.69 Å². The first-order valence-electron chi connectivity index (χ1n) is 4.85. The van der Waals surface area contributed by atoms with Crippen LogP contribution in [0.15, 0.2) is 24.5 Å². The molecule has 1 aromatic heterocycles. The number of aryl methyl sites for hydroxylation is 2. The highest BCUT2D eigenvalue weighted by atomic mass is 19.3. The SMILES string of the molecule is Cc1ccc(-n2cnc(C(F)F)n2)c(C)c1. The van der Waals surface area contributed by atoms with Crippen LogP contribution in [0.4, 0.5) is 8.78 Å². The van der Waals surface area contributed by atoms with Crippen LogP contribution >= 0.6 is 0 Å². The lowest BCUT2D eigenvalue weighted by atomic mass is 10.1. The molecule has 84 valence electrons. The summed E-state index contributed by atoms with van der Waals surface area (Å²) < 4.78 is 26.0. The highest BCUT2D eigenvalue weighted by molar-refractivity contribution is 5.41. The summed E-state index contributed by atoms with van der Waals surface area (Å²) in [5.74, 6) is -0.444. The molecular weight excluding hydrogens is 212 g/mol. The van der Waals surface area contributed by atoms with Gasteiger partial charge in [-0.05, 0) is 25.5 Å². The summed E-state index contributed by atoms with van der Waals surface area (Å²) in [4.78, 5) is 3.56. The number of alkyl halides is 2. The van der Waals surface area contributed by atoms with Gasteiger partial charge in [-0.2, -0.15) is 0 Å². The van der Waals surface area contributed by atoms with Crippen molar-refractivity contribution in [2.24, 2.45) is 0 Å². The maximum absolute atomic E-state index is 12.3. The Bertz CT molecular complexity index is 506. The van der Waals surface area contributed by atoms with Gasteiger partial charge in [0.2, 0.25) is 5.82 Å². The molecule has 0 amide bonds. The average Bonchev–Trinajstić information content (AvgIpc) is 2.66. The van der Waals surface area contributed by atoms with Gasteiger partial charge in [0, 0.05) is 0 Å². The Morgan fingerprint density at radius 1 is 1.25 bits per heavy atom. The number of benzene rings is 1. The van der Waals surface area contributed by atoms with E-state index in [0.29, 0.717) is 0 Å². The van der Waals surface area contributed by atoms with Crippen molar-refractivity contribution < 1.29 is 8.78 Å². The molecule has 0 fully saturated rings. The molecule has 1 heterocycles. The number of rotatable bonds is 2. The molecule has 0 spiro atoms. The van der Waals surface area contributed by atoms with Crippen LogP contribution in [0.1, 0.15) is 23.4 Å². The third-order valence-corrected chi connectivity index (χ3v) is 2.30. The average molecular weight is 223 g/mol. The molecule has 0 saturated heterocycles. The molecule has 0 aliphatic carbocycles. The van der Waals surface area contributed by atoms with E-state index in [-0.39, 0.29) is 0 Å². The standard InChI is InChI=1S/C11H11F2N3/c1-7-3-4-9(8(2)5-7)16-6-14-11(15-16)10(12)13/h3-6,10H,1-2H3. The molecule has 3 nitrogen and oxygen atoms in total. The van der Waals surface area contributed by atoms with E-state index < -0.39 is 12.2 Å². The Morgan fingerprint density at radius 3 is 2.56 bits per heavy atom. The number of nitrogens with zero attached hydrogens (tertiary/aromatic N) is 3. The molecule has 0 aliphatic rings. The van der Waals surface area contributed by atoms with Crippen LogP contribution in [0, 0.1) is 13.8 Å². The van der Waals surface area contributed by atoms with Crippen molar-refractivity contribution in [3.05, 3.63) is 41.5 Å². The number of aromatic nitrogens is 3. The van der Waals surface area contributed by atoms with Crippen molar-refractivity contribution >= 4 is 0 Å². The number of hydrogen-bond donors (Lipinski definition) is 0. The molecular formula is C11H11F2N3. The van der Waals surface area contributed by atoms with Gasteiger partial charge >= 0.3 is 0 Å². The van der Waals surface area contributed by atoms with Gasteiger partial charge in [-0.25, -0.2) is 18.4 Å². The summed E-state index contributed by atoms with van der Waals surface area (Å²) in [6.07, 6.45) is -1.33. The van der Waals surface area contributed by atoms with Crippen molar-refractivity contribution in [1.29, 1.82) is 0 Å². The quantitative estimate of drug-likeness (QED) is 0.783.